The molecule has 0 bridgehead atoms. The van der Waals surface area contributed by atoms with Gasteiger partial charge in [-0.05, 0) is 25.1 Å². The lowest BCUT2D eigenvalue weighted by Gasteiger charge is -2.36. The van der Waals surface area contributed by atoms with Crippen LogP contribution in [0.1, 0.15) is 12.5 Å². The standard InChI is InChI=1S/C13H17N3O4S/c1-9-8-20-11(7-17)6-16(9)21(18,19)13-3-2-10(5-14)4-12(13)15/h2-4,9,11,17H,6-8,15H2,1H3. The Morgan fingerprint density at radius 3 is 2.86 bits per heavy atom. The Bertz CT molecular complexity index is 668. The van der Waals surface area contributed by atoms with Crippen molar-refractivity contribution in [2.75, 3.05) is 25.5 Å². The molecule has 1 aliphatic heterocycles. The average molecular weight is 311 g/mol. The molecule has 0 radical (unpaired) electrons. The first-order valence-corrected chi connectivity index (χ1v) is 7.88. The maximum absolute atomic E-state index is 12.7. The van der Waals surface area contributed by atoms with Crippen LogP contribution in [0.4, 0.5) is 5.69 Å². The van der Waals surface area contributed by atoms with E-state index in [0.29, 0.717) is 5.56 Å². The summed E-state index contributed by atoms with van der Waals surface area (Å²) in [6, 6.07) is 5.64. The molecule has 1 aliphatic rings. The van der Waals surface area contributed by atoms with Gasteiger partial charge in [-0.1, -0.05) is 0 Å². The minimum atomic E-state index is -3.80. The fourth-order valence-electron chi connectivity index (χ4n) is 2.22. The first-order valence-electron chi connectivity index (χ1n) is 6.44. The van der Waals surface area contributed by atoms with Crippen LogP contribution in [-0.4, -0.2) is 49.7 Å². The Hall–Kier alpha value is -1.66. The summed E-state index contributed by atoms with van der Waals surface area (Å²) in [4.78, 5) is -0.0352. The second kappa shape index (κ2) is 5.99. The van der Waals surface area contributed by atoms with Crippen molar-refractivity contribution < 1.29 is 18.3 Å². The van der Waals surface area contributed by atoms with Gasteiger partial charge < -0.3 is 15.6 Å². The molecule has 7 nitrogen and oxygen atoms in total. The van der Waals surface area contributed by atoms with E-state index in [4.69, 9.17) is 20.8 Å². The Kier molecular flexibility index (Phi) is 4.49. The van der Waals surface area contributed by atoms with Crippen LogP contribution in [0.25, 0.3) is 0 Å². The number of nitriles is 1. The van der Waals surface area contributed by atoms with Crippen LogP contribution in [0.2, 0.25) is 0 Å². The third-order valence-corrected chi connectivity index (χ3v) is 5.43. The van der Waals surface area contributed by atoms with Crippen LogP contribution in [-0.2, 0) is 14.8 Å². The molecule has 0 aliphatic carbocycles. The number of hydrogen-bond donors (Lipinski definition) is 2. The molecule has 8 heteroatoms. The molecular weight excluding hydrogens is 294 g/mol. The van der Waals surface area contributed by atoms with Crippen LogP contribution in [0.5, 0.6) is 0 Å². The zero-order valence-corrected chi connectivity index (χ0v) is 12.4. The van der Waals surface area contributed by atoms with Gasteiger partial charge in [-0.2, -0.15) is 9.57 Å². The van der Waals surface area contributed by atoms with E-state index in [9.17, 15) is 8.42 Å². The molecule has 0 aromatic heterocycles. The molecule has 1 fully saturated rings. The summed E-state index contributed by atoms with van der Waals surface area (Å²) < 4.78 is 32.0. The summed E-state index contributed by atoms with van der Waals surface area (Å²) in [5.41, 5.74) is 6.10. The van der Waals surface area contributed by atoms with Crippen molar-refractivity contribution in [1.82, 2.24) is 4.31 Å². The van der Waals surface area contributed by atoms with Gasteiger partial charge in [-0.25, -0.2) is 8.42 Å². The van der Waals surface area contributed by atoms with Crippen molar-refractivity contribution in [3.05, 3.63) is 23.8 Å². The number of aliphatic hydroxyl groups excluding tert-OH is 1. The monoisotopic (exact) mass is 311 g/mol. The number of nitrogen functional groups attached to an aromatic ring is 1. The van der Waals surface area contributed by atoms with Gasteiger partial charge in [0.15, 0.2) is 0 Å². The number of aliphatic hydroxyl groups is 1. The van der Waals surface area contributed by atoms with E-state index < -0.39 is 16.1 Å². The van der Waals surface area contributed by atoms with E-state index in [-0.39, 0.29) is 36.4 Å². The normalized spacial score (nSPS) is 23.7. The molecule has 1 aromatic rings. The SMILES string of the molecule is CC1COC(CO)CN1S(=O)(=O)c1ccc(C#N)cc1N. The first-order chi connectivity index (χ1) is 9.90. The number of benzene rings is 1. The molecule has 2 atom stereocenters. The molecule has 0 spiro atoms. The summed E-state index contributed by atoms with van der Waals surface area (Å²) >= 11 is 0. The van der Waals surface area contributed by atoms with Crippen molar-refractivity contribution >= 4 is 15.7 Å². The quantitative estimate of drug-likeness (QED) is 0.754. The van der Waals surface area contributed by atoms with Crippen molar-refractivity contribution in [2.45, 2.75) is 24.0 Å². The minimum Gasteiger partial charge on any atom is -0.398 e. The van der Waals surface area contributed by atoms with Crippen molar-refractivity contribution in [2.24, 2.45) is 0 Å². The highest BCUT2D eigenvalue weighted by molar-refractivity contribution is 7.89. The lowest BCUT2D eigenvalue weighted by Crippen LogP contribution is -2.51. The maximum atomic E-state index is 12.7. The molecule has 3 N–H and O–H groups in total. The van der Waals surface area contributed by atoms with E-state index in [1.165, 1.54) is 22.5 Å². The van der Waals surface area contributed by atoms with Gasteiger partial charge in [0.1, 0.15) is 4.90 Å². The number of ether oxygens (including phenoxy) is 1. The van der Waals surface area contributed by atoms with Crippen molar-refractivity contribution in [3.63, 3.8) is 0 Å². The lowest BCUT2D eigenvalue weighted by molar-refractivity contribution is -0.0516. The van der Waals surface area contributed by atoms with Crippen molar-refractivity contribution in [1.29, 1.82) is 5.26 Å². The van der Waals surface area contributed by atoms with E-state index >= 15 is 0 Å². The Morgan fingerprint density at radius 1 is 1.57 bits per heavy atom. The number of hydrogen-bond acceptors (Lipinski definition) is 6. The van der Waals surface area contributed by atoms with Gasteiger partial charge in [0, 0.05) is 12.6 Å². The Balaban J connectivity index is 2.39. The molecular formula is C13H17N3O4S. The Morgan fingerprint density at radius 2 is 2.29 bits per heavy atom. The fourth-order valence-corrected chi connectivity index (χ4v) is 3.96. The lowest BCUT2D eigenvalue weighted by atomic mass is 10.2. The second-order valence-corrected chi connectivity index (χ2v) is 6.79. The molecule has 2 rings (SSSR count). The molecule has 2 unspecified atom stereocenters. The first kappa shape index (κ1) is 15.7. The molecule has 1 saturated heterocycles. The number of anilines is 1. The van der Waals surface area contributed by atoms with Crippen LogP contribution in [0, 0.1) is 11.3 Å². The van der Waals surface area contributed by atoms with E-state index in [1.54, 1.807) is 6.92 Å². The van der Waals surface area contributed by atoms with Gasteiger partial charge in [0.05, 0.1) is 36.6 Å². The zero-order valence-electron chi connectivity index (χ0n) is 11.6. The third-order valence-electron chi connectivity index (χ3n) is 3.38. The molecule has 114 valence electrons. The van der Waals surface area contributed by atoms with E-state index in [2.05, 4.69) is 0 Å². The topological polar surface area (TPSA) is 117 Å². The number of nitrogens with zero attached hydrogens (tertiary/aromatic N) is 2. The number of rotatable bonds is 3. The van der Waals surface area contributed by atoms with Crippen LogP contribution < -0.4 is 5.73 Å². The summed E-state index contributed by atoms with van der Waals surface area (Å²) in [5, 5.41) is 18.0. The number of morpholine rings is 1. The second-order valence-electron chi connectivity index (χ2n) is 4.93. The minimum absolute atomic E-state index is 0.0352. The molecule has 1 aromatic carbocycles. The average Bonchev–Trinajstić information content (AvgIpc) is 2.47. The Labute approximate surface area is 123 Å². The van der Waals surface area contributed by atoms with Crippen LogP contribution in [0.15, 0.2) is 23.1 Å². The molecule has 1 heterocycles. The van der Waals surface area contributed by atoms with Crippen molar-refractivity contribution in [3.8, 4) is 6.07 Å². The van der Waals surface area contributed by atoms with Gasteiger partial charge >= 0.3 is 0 Å². The predicted molar refractivity (Wildman–Crippen MR) is 75.7 cm³/mol. The predicted octanol–water partition coefficient (Wildman–Crippen LogP) is -0.0892. The van der Waals surface area contributed by atoms with Gasteiger partial charge in [0.2, 0.25) is 10.0 Å². The molecule has 0 amide bonds. The maximum Gasteiger partial charge on any atom is 0.245 e. The highest BCUT2D eigenvalue weighted by atomic mass is 32.2. The van der Waals surface area contributed by atoms with Gasteiger partial charge in [-0.15, -0.1) is 0 Å². The van der Waals surface area contributed by atoms with Gasteiger partial charge in [-0.3, -0.25) is 0 Å². The molecule has 21 heavy (non-hydrogen) atoms. The van der Waals surface area contributed by atoms with E-state index in [0.717, 1.165) is 0 Å². The zero-order chi connectivity index (χ0) is 15.6. The summed E-state index contributed by atoms with van der Waals surface area (Å²) in [6.07, 6.45) is -0.546. The highest BCUT2D eigenvalue weighted by Gasteiger charge is 2.36. The van der Waals surface area contributed by atoms with Gasteiger partial charge in [0.25, 0.3) is 0 Å². The summed E-state index contributed by atoms with van der Waals surface area (Å²) in [7, 11) is -3.80. The number of nitrogens with two attached hydrogens (primary N) is 1. The number of sulfonamides is 1. The smallest absolute Gasteiger partial charge is 0.245 e. The summed E-state index contributed by atoms with van der Waals surface area (Å²) in [6.45, 7) is 1.76. The largest absolute Gasteiger partial charge is 0.398 e. The van der Waals surface area contributed by atoms with E-state index in [1.807, 2.05) is 6.07 Å². The van der Waals surface area contributed by atoms with Crippen LogP contribution in [0.3, 0.4) is 0 Å². The fraction of sp³-hybridized carbons (Fsp3) is 0.462. The molecule has 0 saturated carbocycles. The highest BCUT2D eigenvalue weighted by Crippen LogP contribution is 2.27. The third kappa shape index (κ3) is 3.01. The van der Waals surface area contributed by atoms with Crippen LogP contribution >= 0.6 is 0 Å². The summed E-state index contributed by atoms with van der Waals surface area (Å²) in [5.74, 6) is 0.